The molecule has 3 aromatic heterocycles. The largest absolute Gasteiger partial charge is 0.309 e. The summed E-state index contributed by atoms with van der Waals surface area (Å²) in [5.41, 5.74) is 7.69. The van der Waals surface area contributed by atoms with Crippen molar-refractivity contribution in [2.24, 2.45) is 0 Å². The number of benzene rings is 5. The average molecular weight is 503 g/mol. The maximum atomic E-state index is 5.11. The van der Waals surface area contributed by atoms with Crippen molar-refractivity contribution in [3.63, 3.8) is 0 Å². The van der Waals surface area contributed by atoms with E-state index in [0.717, 1.165) is 28.2 Å². The molecule has 0 unspecified atom stereocenters. The van der Waals surface area contributed by atoms with Crippen LogP contribution in [0.15, 0.2) is 133 Å². The Bertz CT molecular complexity index is 2060. The third-order valence-corrected chi connectivity index (χ3v) is 8.51. The molecule has 0 amide bonds. The number of pyridine rings is 1. The van der Waals surface area contributed by atoms with Crippen molar-refractivity contribution in [3.8, 4) is 28.2 Å². The molecule has 178 valence electrons. The smallest absolute Gasteiger partial charge is 0.0730 e. The van der Waals surface area contributed by atoms with Gasteiger partial charge in [0.05, 0.1) is 28.1 Å². The van der Waals surface area contributed by atoms with E-state index in [1.165, 1.54) is 42.0 Å². The van der Waals surface area contributed by atoms with Gasteiger partial charge in [0, 0.05) is 42.1 Å². The number of hydrogen-bond acceptors (Lipinski definition) is 2. The Labute approximate surface area is 224 Å². The standard InChI is InChI=1S/C35H22N2S/c1-3-11-23(12-4-1)30-19-25(20-31(36-30)24-13-5-2-6-14-24)37-32-17-9-7-15-26(32)28-22-35-29(21-33(28)37)27-16-8-10-18-34(27)38-35/h1-22H. The van der Waals surface area contributed by atoms with E-state index < -0.39 is 0 Å². The number of hydrogen-bond donors (Lipinski definition) is 0. The van der Waals surface area contributed by atoms with E-state index in [9.17, 15) is 0 Å². The molecule has 0 saturated heterocycles. The number of thiophene rings is 1. The van der Waals surface area contributed by atoms with Crippen molar-refractivity contribution in [1.29, 1.82) is 0 Å². The summed E-state index contributed by atoms with van der Waals surface area (Å²) in [6.07, 6.45) is 0. The van der Waals surface area contributed by atoms with Crippen LogP contribution in [0.4, 0.5) is 0 Å². The molecule has 3 heterocycles. The van der Waals surface area contributed by atoms with Gasteiger partial charge in [-0.25, -0.2) is 4.98 Å². The van der Waals surface area contributed by atoms with Crippen molar-refractivity contribution in [2.45, 2.75) is 0 Å². The molecule has 0 aliphatic heterocycles. The van der Waals surface area contributed by atoms with E-state index in [1.807, 2.05) is 11.3 Å². The summed E-state index contributed by atoms with van der Waals surface area (Å²) >= 11 is 1.87. The molecule has 0 aliphatic rings. The Kier molecular flexibility index (Phi) is 4.73. The first kappa shape index (κ1) is 21.4. The van der Waals surface area contributed by atoms with Gasteiger partial charge >= 0.3 is 0 Å². The monoisotopic (exact) mass is 502 g/mol. The van der Waals surface area contributed by atoms with E-state index in [0.29, 0.717) is 0 Å². The van der Waals surface area contributed by atoms with Crippen LogP contribution < -0.4 is 0 Å². The normalized spacial score (nSPS) is 11.7. The lowest BCUT2D eigenvalue weighted by Crippen LogP contribution is -1.98. The fraction of sp³-hybridized carbons (Fsp3) is 0. The van der Waals surface area contributed by atoms with Crippen LogP contribution in [0.1, 0.15) is 0 Å². The third kappa shape index (κ3) is 3.29. The fourth-order valence-electron chi connectivity index (χ4n) is 5.62. The molecule has 3 heteroatoms. The minimum atomic E-state index is 0.968. The number of nitrogens with zero attached hydrogens (tertiary/aromatic N) is 2. The number of para-hydroxylation sites is 1. The zero-order chi connectivity index (χ0) is 25.1. The molecule has 0 radical (unpaired) electrons. The van der Waals surface area contributed by atoms with Gasteiger partial charge in [-0.3, -0.25) is 0 Å². The highest BCUT2D eigenvalue weighted by atomic mass is 32.1. The molecular weight excluding hydrogens is 480 g/mol. The lowest BCUT2D eigenvalue weighted by Gasteiger charge is -2.13. The number of fused-ring (bicyclic) bond motifs is 6. The van der Waals surface area contributed by atoms with Gasteiger partial charge in [0.15, 0.2) is 0 Å². The maximum Gasteiger partial charge on any atom is 0.0730 e. The van der Waals surface area contributed by atoms with Gasteiger partial charge in [0.1, 0.15) is 0 Å². The van der Waals surface area contributed by atoms with Crippen LogP contribution >= 0.6 is 11.3 Å². The Morgan fingerprint density at radius 2 is 1.05 bits per heavy atom. The lowest BCUT2D eigenvalue weighted by atomic mass is 10.1. The first-order valence-electron chi connectivity index (χ1n) is 12.8. The second-order valence-corrected chi connectivity index (χ2v) is 10.7. The maximum absolute atomic E-state index is 5.11. The third-order valence-electron chi connectivity index (χ3n) is 7.38. The van der Waals surface area contributed by atoms with Crippen LogP contribution in [-0.4, -0.2) is 9.55 Å². The zero-order valence-electron chi connectivity index (χ0n) is 20.5. The molecule has 5 aromatic carbocycles. The summed E-state index contributed by atoms with van der Waals surface area (Å²) in [5.74, 6) is 0. The van der Waals surface area contributed by atoms with E-state index in [2.05, 4.69) is 138 Å². The first-order valence-corrected chi connectivity index (χ1v) is 13.6. The van der Waals surface area contributed by atoms with Crippen LogP contribution in [0.2, 0.25) is 0 Å². The van der Waals surface area contributed by atoms with Crippen LogP contribution in [0.5, 0.6) is 0 Å². The topological polar surface area (TPSA) is 17.8 Å². The highest BCUT2D eigenvalue weighted by molar-refractivity contribution is 7.25. The lowest BCUT2D eigenvalue weighted by molar-refractivity contribution is 1.16. The molecule has 0 saturated carbocycles. The summed E-state index contributed by atoms with van der Waals surface area (Å²) in [6, 6.07) is 47.6. The molecule has 8 aromatic rings. The molecule has 8 rings (SSSR count). The van der Waals surface area contributed by atoms with Crippen molar-refractivity contribution < 1.29 is 0 Å². The highest BCUT2D eigenvalue weighted by Crippen LogP contribution is 2.41. The summed E-state index contributed by atoms with van der Waals surface area (Å²) in [4.78, 5) is 5.11. The molecule has 0 atom stereocenters. The quantitative estimate of drug-likeness (QED) is 0.235. The summed E-state index contributed by atoms with van der Waals surface area (Å²) < 4.78 is 5.07. The molecular formula is C35H22N2S. The van der Waals surface area contributed by atoms with Crippen molar-refractivity contribution >= 4 is 53.3 Å². The van der Waals surface area contributed by atoms with E-state index in [-0.39, 0.29) is 0 Å². The Morgan fingerprint density at radius 3 is 1.76 bits per heavy atom. The van der Waals surface area contributed by atoms with E-state index in [4.69, 9.17) is 4.98 Å². The predicted molar refractivity (Wildman–Crippen MR) is 162 cm³/mol. The molecule has 2 nitrogen and oxygen atoms in total. The van der Waals surface area contributed by atoms with E-state index in [1.54, 1.807) is 0 Å². The van der Waals surface area contributed by atoms with Gasteiger partial charge in [-0.2, -0.15) is 0 Å². The molecule has 0 spiro atoms. The fourth-order valence-corrected chi connectivity index (χ4v) is 6.75. The van der Waals surface area contributed by atoms with Gasteiger partial charge in [-0.05, 0) is 36.4 Å². The first-order chi connectivity index (χ1) is 18.8. The van der Waals surface area contributed by atoms with Gasteiger partial charge in [0.2, 0.25) is 0 Å². The SMILES string of the molecule is c1ccc(-c2cc(-n3c4ccccc4c4cc5sc6ccccc6c5cc43)cc(-c3ccccc3)n2)cc1. The zero-order valence-corrected chi connectivity index (χ0v) is 21.3. The van der Waals surface area contributed by atoms with Gasteiger partial charge < -0.3 is 4.57 Å². The van der Waals surface area contributed by atoms with Crippen LogP contribution in [0.3, 0.4) is 0 Å². The molecule has 0 fully saturated rings. The minimum Gasteiger partial charge on any atom is -0.309 e. The van der Waals surface area contributed by atoms with Crippen LogP contribution in [-0.2, 0) is 0 Å². The molecule has 38 heavy (non-hydrogen) atoms. The summed E-state index contributed by atoms with van der Waals surface area (Å²) in [7, 11) is 0. The number of aromatic nitrogens is 2. The van der Waals surface area contributed by atoms with Gasteiger partial charge in [-0.1, -0.05) is 97.1 Å². The summed E-state index contributed by atoms with van der Waals surface area (Å²) in [6.45, 7) is 0. The molecule has 0 bridgehead atoms. The Hall–Kier alpha value is -4.73. The van der Waals surface area contributed by atoms with Crippen LogP contribution in [0.25, 0.3) is 70.2 Å². The molecule has 0 aliphatic carbocycles. The summed E-state index contributed by atoms with van der Waals surface area (Å²) in [5, 5.41) is 5.17. The Balaban J connectivity index is 1.49. The Morgan fingerprint density at radius 1 is 0.447 bits per heavy atom. The number of rotatable bonds is 3. The highest BCUT2D eigenvalue weighted by Gasteiger charge is 2.17. The van der Waals surface area contributed by atoms with Crippen molar-refractivity contribution in [2.75, 3.05) is 0 Å². The molecule has 0 N–H and O–H groups in total. The van der Waals surface area contributed by atoms with Crippen LogP contribution in [0, 0.1) is 0 Å². The average Bonchev–Trinajstić information content (AvgIpc) is 3.51. The van der Waals surface area contributed by atoms with E-state index >= 15 is 0 Å². The predicted octanol–water partition coefficient (Wildman–Crippen LogP) is 9.88. The van der Waals surface area contributed by atoms with Gasteiger partial charge in [0.25, 0.3) is 0 Å². The minimum absolute atomic E-state index is 0.968. The van der Waals surface area contributed by atoms with Gasteiger partial charge in [-0.15, -0.1) is 11.3 Å². The second kappa shape index (κ2) is 8.41. The second-order valence-electron chi connectivity index (χ2n) is 9.64. The van der Waals surface area contributed by atoms with Crippen molar-refractivity contribution in [1.82, 2.24) is 9.55 Å². The van der Waals surface area contributed by atoms with Crippen molar-refractivity contribution in [3.05, 3.63) is 133 Å².